The molecule has 2 amide bonds. The fraction of sp³-hybridized carbons (Fsp3) is 0.250. The van der Waals surface area contributed by atoms with Gasteiger partial charge < -0.3 is 14.6 Å². The van der Waals surface area contributed by atoms with Gasteiger partial charge in [0.05, 0.1) is 17.5 Å². The fourth-order valence-electron chi connectivity index (χ4n) is 3.38. The van der Waals surface area contributed by atoms with Crippen LogP contribution in [0.15, 0.2) is 65.5 Å². The average molecular weight is 364 g/mol. The Balaban J connectivity index is 1.46. The Kier molecular flexibility index (Phi) is 4.74. The van der Waals surface area contributed by atoms with Crippen molar-refractivity contribution >= 4 is 11.8 Å². The third-order valence-electron chi connectivity index (χ3n) is 4.68. The zero-order chi connectivity index (χ0) is 18.6. The fourth-order valence-corrected chi connectivity index (χ4v) is 3.38. The van der Waals surface area contributed by atoms with Crippen molar-refractivity contribution < 1.29 is 14.0 Å². The Bertz CT molecular complexity index is 919. The molecule has 0 bridgehead atoms. The lowest BCUT2D eigenvalue weighted by molar-refractivity contribution is 0.0647. The van der Waals surface area contributed by atoms with Crippen LogP contribution in [-0.2, 0) is 0 Å². The number of furan rings is 1. The number of amides is 2. The molecule has 1 aliphatic heterocycles. The summed E-state index contributed by atoms with van der Waals surface area (Å²) in [4.78, 5) is 27.1. The number of benzene rings is 1. The Morgan fingerprint density at radius 1 is 1.15 bits per heavy atom. The van der Waals surface area contributed by atoms with Crippen LogP contribution in [0.5, 0.6) is 0 Å². The summed E-state index contributed by atoms with van der Waals surface area (Å²) in [6.07, 6.45) is 6.63. The second-order valence-corrected chi connectivity index (χ2v) is 6.51. The van der Waals surface area contributed by atoms with Crippen molar-refractivity contribution in [1.82, 2.24) is 20.0 Å². The SMILES string of the molecule is O=C(N[C@@H]1CCCN(C(=O)c2ccco2)C1)c1ccccc1-n1cccn1. The maximum Gasteiger partial charge on any atom is 0.289 e. The Labute approximate surface area is 156 Å². The van der Waals surface area contributed by atoms with E-state index in [1.807, 2.05) is 24.3 Å². The molecule has 1 aliphatic rings. The van der Waals surface area contributed by atoms with Gasteiger partial charge in [0.2, 0.25) is 0 Å². The van der Waals surface area contributed by atoms with Crippen molar-refractivity contribution in [1.29, 1.82) is 0 Å². The quantitative estimate of drug-likeness (QED) is 0.771. The third kappa shape index (κ3) is 3.62. The van der Waals surface area contributed by atoms with Gasteiger partial charge in [-0.2, -0.15) is 5.10 Å². The molecule has 0 spiro atoms. The molecule has 27 heavy (non-hydrogen) atoms. The van der Waals surface area contributed by atoms with Gasteiger partial charge >= 0.3 is 0 Å². The molecule has 1 aromatic carbocycles. The maximum absolute atomic E-state index is 12.9. The highest BCUT2D eigenvalue weighted by molar-refractivity contribution is 5.98. The highest BCUT2D eigenvalue weighted by atomic mass is 16.3. The highest BCUT2D eigenvalue weighted by Gasteiger charge is 2.27. The first-order valence-electron chi connectivity index (χ1n) is 8.95. The minimum atomic E-state index is -0.168. The maximum atomic E-state index is 12.9. The van der Waals surface area contributed by atoms with Gasteiger partial charge in [-0.1, -0.05) is 12.1 Å². The minimum Gasteiger partial charge on any atom is -0.459 e. The first-order valence-corrected chi connectivity index (χ1v) is 8.95. The van der Waals surface area contributed by atoms with E-state index in [2.05, 4.69) is 10.4 Å². The first kappa shape index (κ1) is 17.1. The van der Waals surface area contributed by atoms with Crippen molar-refractivity contribution in [3.63, 3.8) is 0 Å². The normalized spacial score (nSPS) is 16.9. The topological polar surface area (TPSA) is 80.4 Å². The average Bonchev–Trinajstić information content (AvgIpc) is 3.41. The van der Waals surface area contributed by atoms with Crippen molar-refractivity contribution in [2.75, 3.05) is 13.1 Å². The number of hydrogen-bond acceptors (Lipinski definition) is 4. The van der Waals surface area contributed by atoms with E-state index in [-0.39, 0.29) is 17.9 Å². The molecule has 0 aliphatic carbocycles. The van der Waals surface area contributed by atoms with E-state index in [1.54, 1.807) is 40.2 Å². The summed E-state index contributed by atoms with van der Waals surface area (Å²) in [5.41, 5.74) is 1.27. The second kappa shape index (κ2) is 7.49. The van der Waals surface area contributed by atoms with E-state index in [9.17, 15) is 9.59 Å². The van der Waals surface area contributed by atoms with Gasteiger partial charge in [-0.25, -0.2) is 4.68 Å². The Morgan fingerprint density at radius 2 is 2.04 bits per heavy atom. The smallest absolute Gasteiger partial charge is 0.289 e. The van der Waals surface area contributed by atoms with E-state index in [1.165, 1.54) is 6.26 Å². The number of likely N-dealkylation sites (tertiary alicyclic amines) is 1. The number of nitrogens with one attached hydrogen (secondary N) is 1. The molecule has 2 aromatic heterocycles. The van der Waals surface area contributed by atoms with Crippen LogP contribution in [0.4, 0.5) is 0 Å². The number of aromatic nitrogens is 2. The predicted octanol–water partition coefficient (Wildman–Crippen LogP) is 2.50. The molecule has 0 radical (unpaired) electrons. The van der Waals surface area contributed by atoms with Gasteiger partial charge in [0.25, 0.3) is 11.8 Å². The van der Waals surface area contributed by atoms with Gasteiger partial charge in [-0.3, -0.25) is 9.59 Å². The second-order valence-electron chi connectivity index (χ2n) is 6.51. The number of nitrogens with zero attached hydrogens (tertiary/aromatic N) is 3. The summed E-state index contributed by atoms with van der Waals surface area (Å²) in [6, 6.07) is 12.4. The molecule has 4 rings (SSSR count). The predicted molar refractivity (Wildman–Crippen MR) is 98.7 cm³/mol. The van der Waals surface area contributed by atoms with Crippen LogP contribution < -0.4 is 5.32 Å². The lowest BCUT2D eigenvalue weighted by atomic mass is 10.0. The molecule has 1 fully saturated rings. The van der Waals surface area contributed by atoms with Crippen LogP contribution in [0, 0.1) is 0 Å². The summed E-state index contributed by atoms with van der Waals surface area (Å²) < 4.78 is 6.87. The summed E-state index contributed by atoms with van der Waals surface area (Å²) in [5.74, 6) is 0.0142. The molecule has 7 heteroatoms. The molecule has 1 N–H and O–H groups in total. The van der Waals surface area contributed by atoms with Gasteiger partial charge in [0.1, 0.15) is 0 Å². The van der Waals surface area contributed by atoms with E-state index in [4.69, 9.17) is 4.42 Å². The number of hydrogen-bond donors (Lipinski definition) is 1. The van der Waals surface area contributed by atoms with E-state index in [0.717, 1.165) is 18.5 Å². The Morgan fingerprint density at radius 3 is 2.81 bits per heavy atom. The van der Waals surface area contributed by atoms with E-state index >= 15 is 0 Å². The van der Waals surface area contributed by atoms with E-state index < -0.39 is 0 Å². The minimum absolute atomic E-state index is 0.101. The van der Waals surface area contributed by atoms with Crippen molar-refractivity contribution in [2.24, 2.45) is 0 Å². The van der Waals surface area contributed by atoms with Gasteiger partial charge in [0.15, 0.2) is 5.76 Å². The Hall–Kier alpha value is -3.35. The van der Waals surface area contributed by atoms with E-state index in [0.29, 0.717) is 24.4 Å². The summed E-state index contributed by atoms with van der Waals surface area (Å²) in [6.45, 7) is 1.13. The highest BCUT2D eigenvalue weighted by Crippen LogP contribution is 2.17. The molecule has 138 valence electrons. The molecular weight excluding hydrogens is 344 g/mol. The first-order chi connectivity index (χ1) is 13.2. The third-order valence-corrected chi connectivity index (χ3v) is 4.68. The molecule has 0 unspecified atom stereocenters. The number of carbonyl (C=O) groups is 2. The molecule has 1 atom stereocenters. The van der Waals surface area contributed by atoms with Crippen LogP contribution in [0.3, 0.4) is 0 Å². The van der Waals surface area contributed by atoms with Crippen molar-refractivity contribution in [3.8, 4) is 5.69 Å². The van der Waals surface area contributed by atoms with Crippen LogP contribution in [0.2, 0.25) is 0 Å². The molecule has 3 heterocycles. The summed E-state index contributed by atoms with van der Waals surface area (Å²) in [7, 11) is 0. The number of rotatable bonds is 4. The molecule has 1 saturated heterocycles. The van der Waals surface area contributed by atoms with Gasteiger partial charge in [-0.05, 0) is 43.2 Å². The molecular formula is C20H20N4O3. The number of para-hydroxylation sites is 1. The lowest BCUT2D eigenvalue weighted by Gasteiger charge is -2.32. The van der Waals surface area contributed by atoms with Crippen molar-refractivity contribution in [2.45, 2.75) is 18.9 Å². The van der Waals surface area contributed by atoms with Gasteiger partial charge in [0, 0.05) is 31.5 Å². The van der Waals surface area contributed by atoms with Gasteiger partial charge in [-0.15, -0.1) is 0 Å². The molecule has 7 nitrogen and oxygen atoms in total. The zero-order valence-corrected chi connectivity index (χ0v) is 14.7. The van der Waals surface area contributed by atoms with Crippen LogP contribution in [0.25, 0.3) is 5.69 Å². The standard InChI is InChI=1S/C20H20N4O3/c25-19(16-7-1-2-8-17(16)24-12-5-10-21-24)22-15-6-3-11-23(14-15)20(26)18-9-4-13-27-18/h1-2,4-5,7-10,12-13,15H,3,6,11,14H2,(H,22,25)/t15-/m1/s1. The van der Waals surface area contributed by atoms with Crippen LogP contribution in [-0.4, -0.2) is 45.6 Å². The van der Waals surface area contributed by atoms with Crippen LogP contribution >= 0.6 is 0 Å². The monoisotopic (exact) mass is 364 g/mol. The number of piperidine rings is 1. The molecule has 0 saturated carbocycles. The lowest BCUT2D eigenvalue weighted by Crippen LogP contribution is -2.49. The number of carbonyl (C=O) groups excluding carboxylic acids is 2. The molecule has 3 aromatic rings. The zero-order valence-electron chi connectivity index (χ0n) is 14.7. The van der Waals surface area contributed by atoms with Crippen LogP contribution in [0.1, 0.15) is 33.8 Å². The summed E-state index contributed by atoms with van der Waals surface area (Å²) >= 11 is 0. The summed E-state index contributed by atoms with van der Waals surface area (Å²) in [5, 5.41) is 7.28. The van der Waals surface area contributed by atoms with Crippen molar-refractivity contribution in [3.05, 3.63) is 72.4 Å². The largest absolute Gasteiger partial charge is 0.459 e.